The minimum absolute atomic E-state index is 0.166. The molecular weight excluding hydrogens is 394 g/mol. The number of anilines is 1. The lowest BCUT2D eigenvalue weighted by atomic mass is 10.1. The third kappa shape index (κ3) is 5.17. The predicted molar refractivity (Wildman–Crippen MR) is 112 cm³/mol. The van der Waals surface area contributed by atoms with Crippen molar-refractivity contribution in [2.75, 3.05) is 17.7 Å². The molecule has 0 atom stereocenters. The maximum absolute atomic E-state index is 12.3. The van der Waals surface area contributed by atoms with Gasteiger partial charge in [0.2, 0.25) is 5.91 Å². The quantitative estimate of drug-likeness (QED) is 0.456. The van der Waals surface area contributed by atoms with Gasteiger partial charge in [0.15, 0.2) is 10.2 Å². The maximum atomic E-state index is 12.3. The van der Waals surface area contributed by atoms with E-state index in [1.54, 1.807) is 31.2 Å². The maximum Gasteiger partial charge on any atom is 0.340 e. The van der Waals surface area contributed by atoms with Gasteiger partial charge in [0, 0.05) is 5.56 Å². The van der Waals surface area contributed by atoms with E-state index in [0.29, 0.717) is 21.4 Å². The number of thioether (sulfide) groups is 1. The molecule has 1 N–H and O–H groups in total. The minimum Gasteiger partial charge on any atom is -0.462 e. The van der Waals surface area contributed by atoms with Crippen LogP contribution >= 0.6 is 23.3 Å². The van der Waals surface area contributed by atoms with Gasteiger partial charge in [0.25, 0.3) is 0 Å². The smallest absolute Gasteiger partial charge is 0.340 e. The first-order valence-corrected chi connectivity index (χ1v) is 10.4. The summed E-state index contributed by atoms with van der Waals surface area (Å²) in [4.78, 5) is 28.8. The molecule has 0 bridgehead atoms. The number of para-hydroxylation sites is 1. The minimum atomic E-state index is -0.460. The van der Waals surface area contributed by atoms with E-state index >= 15 is 0 Å². The van der Waals surface area contributed by atoms with Crippen molar-refractivity contribution < 1.29 is 14.3 Å². The zero-order chi connectivity index (χ0) is 19.9. The van der Waals surface area contributed by atoms with E-state index in [-0.39, 0.29) is 18.3 Å². The highest BCUT2D eigenvalue weighted by molar-refractivity contribution is 8.01. The number of nitrogens with one attached hydrogen (secondary N) is 1. The largest absolute Gasteiger partial charge is 0.462 e. The fourth-order valence-electron chi connectivity index (χ4n) is 2.38. The molecular formula is C20H19N3O3S2. The van der Waals surface area contributed by atoms with E-state index in [1.165, 1.54) is 28.9 Å². The van der Waals surface area contributed by atoms with E-state index in [2.05, 4.69) is 14.7 Å². The number of aryl methyl sites for hydroxylation is 1. The van der Waals surface area contributed by atoms with E-state index < -0.39 is 5.97 Å². The fourth-order valence-corrected chi connectivity index (χ4v) is 3.80. The molecule has 1 aromatic heterocycles. The third-order valence-corrected chi connectivity index (χ3v) is 5.57. The number of hydrogen-bond acceptors (Lipinski definition) is 7. The van der Waals surface area contributed by atoms with Gasteiger partial charge in [0.05, 0.1) is 23.6 Å². The summed E-state index contributed by atoms with van der Waals surface area (Å²) < 4.78 is 10.1. The Morgan fingerprint density at radius 2 is 1.89 bits per heavy atom. The highest BCUT2D eigenvalue weighted by atomic mass is 32.2. The lowest BCUT2D eigenvalue weighted by molar-refractivity contribution is -0.113. The second kappa shape index (κ2) is 9.48. The van der Waals surface area contributed by atoms with E-state index in [0.717, 1.165) is 5.56 Å². The summed E-state index contributed by atoms with van der Waals surface area (Å²) in [5.74, 6) is 0.131. The number of esters is 1. The SMILES string of the molecule is CCOC(=O)c1ccccc1NC(=O)CSc1nc(-c2ccc(C)cc2)ns1. The topological polar surface area (TPSA) is 81.2 Å². The van der Waals surface area contributed by atoms with Crippen LogP contribution in [-0.2, 0) is 9.53 Å². The van der Waals surface area contributed by atoms with Crippen LogP contribution in [-0.4, -0.2) is 33.6 Å². The number of amides is 1. The molecule has 0 unspecified atom stereocenters. The zero-order valence-electron chi connectivity index (χ0n) is 15.5. The van der Waals surface area contributed by atoms with E-state index in [1.807, 2.05) is 31.2 Å². The zero-order valence-corrected chi connectivity index (χ0v) is 17.1. The van der Waals surface area contributed by atoms with Crippen LogP contribution in [0.25, 0.3) is 11.4 Å². The number of hydrogen-bond donors (Lipinski definition) is 1. The van der Waals surface area contributed by atoms with Crippen molar-refractivity contribution in [3.05, 3.63) is 59.7 Å². The van der Waals surface area contributed by atoms with Gasteiger partial charge in [-0.15, -0.1) is 0 Å². The monoisotopic (exact) mass is 413 g/mol. The van der Waals surface area contributed by atoms with Crippen LogP contribution in [0, 0.1) is 6.92 Å². The molecule has 0 fully saturated rings. The Labute approximate surface area is 171 Å². The highest BCUT2D eigenvalue weighted by Crippen LogP contribution is 2.26. The molecule has 0 spiro atoms. The molecule has 144 valence electrons. The van der Waals surface area contributed by atoms with Crippen molar-refractivity contribution in [2.24, 2.45) is 0 Å². The standard InChI is InChI=1S/C20H19N3O3S2/c1-3-26-19(25)15-6-4-5-7-16(15)21-17(24)12-27-20-22-18(23-28-20)14-10-8-13(2)9-11-14/h4-11H,3,12H2,1-2H3,(H,21,24). The van der Waals surface area contributed by atoms with Crippen molar-refractivity contribution >= 4 is 40.9 Å². The Morgan fingerprint density at radius 1 is 1.14 bits per heavy atom. The van der Waals surface area contributed by atoms with Gasteiger partial charge in [-0.25, -0.2) is 9.78 Å². The lowest BCUT2D eigenvalue weighted by Gasteiger charge is -2.09. The normalized spacial score (nSPS) is 10.5. The van der Waals surface area contributed by atoms with E-state index in [9.17, 15) is 9.59 Å². The summed E-state index contributed by atoms with van der Waals surface area (Å²) in [6, 6.07) is 14.8. The van der Waals surface area contributed by atoms with Crippen molar-refractivity contribution in [3.8, 4) is 11.4 Å². The van der Waals surface area contributed by atoms with Gasteiger partial charge in [0.1, 0.15) is 0 Å². The fraction of sp³-hybridized carbons (Fsp3) is 0.200. The van der Waals surface area contributed by atoms with Crippen molar-refractivity contribution in [1.29, 1.82) is 0 Å². The number of carbonyl (C=O) groups is 2. The molecule has 8 heteroatoms. The van der Waals surface area contributed by atoms with Crippen molar-refractivity contribution in [3.63, 3.8) is 0 Å². The van der Waals surface area contributed by atoms with Gasteiger partial charge in [-0.1, -0.05) is 53.7 Å². The lowest BCUT2D eigenvalue weighted by Crippen LogP contribution is -2.17. The number of ether oxygens (including phenoxy) is 1. The highest BCUT2D eigenvalue weighted by Gasteiger charge is 2.15. The summed E-state index contributed by atoms with van der Waals surface area (Å²) in [5.41, 5.74) is 2.89. The van der Waals surface area contributed by atoms with Gasteiger partial charge in [-0.2, -0.15) is 4.37 Å². The van der Waals surface area contributed by atoms with Crippen LogP contribution in [0.1, 0.15) is 22.8 Å². The molecule has 3 aromatic rings. The van der Waals surface area contributed by atoms with Crippen molar-refractivity contribution in [1.82, 2.24) is 9.36 Å². The van der Waals surface area contributed by atoms with Crippen LogP contribution in [0.4, 0.5) is 5.69 Å². The summed E-state index contributed by atoms with van der Waals surface area (Å²) in [6.07, 6.45) is 0. The van der Waals surface area contributed by atoms with Gasteiger partial charge >= 0.3 is 5.97 Å². The van der Waals surface area contributed by atoms with Gasteiger partial charge < -0.3 is 10.1 Å². The molecule has 28 heavy (non-hydrogen) atoms. The first-order chi connectivity index (χ1) is 13.6. The molecule has 0 saturated carbocycles. The summed E-state index contributed by atoms with van der Waals surface area (Å²) in [5, 5.41) is 2.76. The first kappa shape index (κ1) is 20.0. The Kier molecular flexibility index (Phi) is 6.78. The molecule has 0 saturated heterocycles. The molecule has 6 nitrogen and oxygen atoms in total. The Balaban J connectivity index is 1.60. The molecule has 0 aliphatic rings. The molecule has 0 aliphatic carbocycles. The van der Waals surface area contributed by atoms with Crippen LogP contribution in [0.5, 0.6) is 0 Å². The summed E-state index contributed by atoms with van der Waals surface area (Å²) >= 11 is 2.57. The first-order valence-electron chi connectivity index (χ1n) is 8.66. The van der Waals surface area contributed by atoms with Crippen LogP contribution in [0.2, 0.25) is 0 Å². The van der Waals surface area contributed by atoms with Crippen molar-refractivity contribution in [2.45, 2.75) is 18.2 Å². The molecule has 0 radical (unpaired) electrons. The molecule has 0 aliphatic heterocycles. The Morgan fingerprint density at radius 3 is 2.64 bits per heavy atom. The van der Waals surface area contributed by atoms with Gasteiger partial charge in [-0.05, 0) is 37.5 Å². The second-order valence-corrected chi connectivity index (χ2v) is 7.83. The van der Waals surface area contributed by atoms with Gasteiger partial charge in [-0.3, -0.25) is 4.79 Å². The Bertz CT molecular complexity index is 971. The number of carbonyl (C=O) groups excluding carboxylic acids is 2. The molecule has 1 heterocycles. The van der Waals surface area contributed by atoms with Crippen LogP contribution in [0.15, 0.2) is 52.9 Å². The molecule has 2 aromatic carbocycles. The summed E-state index contributed by atoms with van der Waals surface area (Å²) in [6.45, 7) is 4.04. The molecule has 3 rings (SSSR count). The average molecular weight is 414 g/mol. The summed E-state index contributed by atoms with van der Waals surface area (Å²) in [7, 11) is 0. The number of nitrogens with zero attached hydrogens (tertiary/aromatic N) is 2. The number of aromatic nitrogens is 2. The van der Waals surface area contributed by atoms with E-state index in [4.69, 9.17) is 4.74 Å². The second-order valence-electron chi connectivity index (χ2n) is 5.85. The Hall–Kier alpha value is -2.71. The predicted octanol–water partition coefficient (Wildman–Crippen LogP) is 4.42. The number of benzene rings is 2. The molecule has 1 amide bonds. The van der Waals surface area contributed by atoms with Crippen LogP contribution < -0.4 is 5.32 Å². The third-order valence-electron chi connectivity index (χ3n) is 3.74. The number of rotatable bonds is 7. The van der Waals surface area contributed by atoms with Crippen LogP contribution in [0.3, 0.4) is 0 Å². The average Bonchev–Trinajstić information content (AvgIpc) is 3.16.